The quantitative estimate of drug-likeness (QED) is 0.489. The molecule has 1 aliphatic carbocycles. The first-order chi connectivity index (χ1) is 17.1. The average Bonchev–Trinajstić information content (AvgIpc) is 3.63. The Balaban J connectivity index is 1.23. The van der Waals surface area contributed by atoms with Crippen molar-refractivity contribution in [3.63, 3.8) is 0 Å². The Morgan fingerprint density at radius 1 is 1.11 bits per heavy atom. The van der Waals surface area contributed by atoms with Crippen LogP contribution >= 0.6 is 11.3 Å². The van der Waals surface area contributed by atoms with Crippen LogP contribution in [0.15, 0.2) is 48.5 Å². The van der Waals surface area contributed by atoms with Crippen molar-refractivity contribution in [2.75, 3.05) is 38.6 Å². The lowest BCUT2D eigenvalue weighted by molar-refractivity contribution is 0.0933. The molecule has 1 saturated carbocycles. The predicted octanol–water partition coefficient (Wildman–Crippen LogP) is 3.80. The topological polar surface area (TPSA) is 116 Å². The minimum atomic E-state index is -0.512. The number of hydrogen-bond acceptors (Lipinski definition) is 8. The Kier molecular flexibility index (Phi) is 6.71. The Morgan fingerprint density at radius 2 is 1.91 bits per heavy atom. The van der Waals surface area contributed by atoms with Gasteiger partial charge in [-0.05, 0) is 36.5 Å². The van der Waals surface area contributed by atoms with E-state index >= 15 is 0 Å². The molecule has 35 heavy (non-hydrogen) atoms. The third-order valence-electron chi connectivity index (χ3n) is 5.74. The first kappa shape index (κ1) is 23.0. The summed E-state index contributed by atoms with van der Waals surface area (Å²) >= 11 is 1.27. The largest absolute Gasteiger partial charge is 0.486 e. The van der Waals surface area contributed by atoms with E-state index in [0.717, 1.165) is 18.4 Å². The number of fused-ring (bicyclic) bond motifs is 1. The number of nitrogen functional groups attached to an aromatic ring is 1. The summed E-state index contributed by atoms with van der Waals surface area (Å²) < 4.78 is 16.9. The van der Waals surface area contributed by atoms with Gasteiger partial charge in [-0.3, -0.25) is 4.79 Å². The van der Waals surface area contributed by atoms with Crippen molar-refractivity contribution in [2.24, 2.45) is 5.92 Å². The molecule has 1 aromatic heterocycles. The summed E-state index contributed by atoms with van der Waals surface area (Å²) in [6.45, 7) is 1.97. The van der Waals surface area contributed by atoms with E-state index in [1.54, 1.807) is 23.1 Å². The van der Waals surface area contributed by atoms with Crippen LogP contribution in [0, 0.1) is 5.92 Å². The van der Waals surface area contributed by atoms with Gasteiger partial charge in [0, 0.05) is 19.6 Å². The fraction of sp³-hybridized carbons (Fsp3) is 0.320. The van der Waals surface area contributed by atoms with Gasteiger partial charge in [-0.25, -0.2) is 4.79 Å². The molecular formula is C25H26N4O5S. The van der Waals surface area contributed by atoms with E-state index in [4.69, 9.17) is 19.9 Å². The summed E-state index contributed by atoms with van der Waals surface area (Å²) in [5.41, 5.74) is 7.20. The summed E-state index contributed by atoms with van der Waals surface area (Å²) in [6.07, 6.45) is 1.63. The molecule has 0 bridgehead atoms. The van der Waals surface area contributed by atoms with Crippen LogP contribution in [-0.4, -0.2) is 54.7 Å². The number of nitrogens with two attached hydrogens (primary N) is 1. The molecule has 3 N–H and O–H groups in total. The summed E-state index contributed by atoms with van der Waals surface area (Å²) in [4.78, 5) is 32.4. The van der Waals surface area contributed by atoms with Crippen LogP contribution in [-0.2, 0) is 0 Å². The van der Waals surface area contributed by atoms with Crippen LogP contribution < -0.4 is 25.3 Å². The lowest BCUT2D eigenvalue weighted by atomic mass is 10.1. The van der Waals surface area contributed by atoms with E-state index in [0.29, 0.717) is 59.3 Å². The van der Waals surface area contributed by atoms with Crippen LogP contribution in [0.4, 0.5) is 9.93 Å². The first-order valence-corrected chi connectivity index (χ1v) is 12.4. The fourth-order valence-corrected chi connectivity index (χ4v) is 4.60. The van der Waals surface area contributed by atoms with Gasteiger partial charge >= 0.3 is 6.09 Å². The molecule has 0 unspecified atom stereocenters. The van der Waals surface area contributed by atoms with Gasteiger partial charge < -0.3 is 30.2 Å². The third-order valence-corrected chi connectivity index (χ3v) is 6.66. The number of benzene rings is 2. The van der Waals surface area contributed by atoms with Crippen LogP contribution in [0.5, 0.6) is 17.4 Å². The average molecular weight is 495 g/mol. The van der Waals surface area contributed by atoms with Crippen LogP contribution in [0.1, 0.15) is 23.2 Å². The van der Waals surface area contributed by atoms with Crippen molar-refractivity contribution in [1.82, 2.24) is 15.2 Å². The van der Waals surface area contributed by atoms with E-state index in [1.807, 2.05) is 30.3 Å². The molecule has 5 rings (SSSR count). The molecule has 10 heteroatoms. The molecule has 1 aliphatic heterocycles. The second kappa shape index (κ2) is 10.2. The number of anilines is 1. The highest BCUT2D eigenvalue weighted by Gasteiger charge is 2.29. The highest BCUT2D eigenvalue weighted by atomic mass is 32.1. The summed E-state index contributed by atoms with van der Waals surface area (Å²) in [7, 11) is 0. The number of carbonyl (C=O) groups is 2. The van der Waals surface area contributed by atoms with Crippen molar-refractivity contribution < 1.29 is 23.8 Å². The number of carbonyl (C=O) groups excluding carboxylic acids is 2. The maximum atomic E-state index is 13.1. The number of nitrogens with zero attached hydrogens (tertiary/aromatic N) is 2. The molecule has 0 atom stereocenters. The van der Waals surface area contributed by atoms with Gasteiger partial charge in [0.15, 0.2) is 16.6 Å². The maximum Gasteiger partial charge on any atom is 0.416 e. The zero-order valence-electron chi connectivity index (χ0n) is 19.1. The smallest absolute Gasteiger partial charge is 0.416 e. The van der Waals surface area contributed by atoms with Crippen molar-refractivity contribution in [3.8, 4) is 27.8 Å². The van der Waals surface area contributed by atoms with Gasteiger partial charge in [0.1, 0.15) is 18.1 Å². The minimum Gasteiger partial charge on any atom is -0.486 e. The third kappa shape index (κ3) is 5.48. The molecule has 2 aliphatic rings. The molecular weight excluding hydrogens is 468 g/mol. The van der Waals surface area contributed by atoms with Crippen LogP contribution in [0.3, 0.4) is 0 Å². The van der Waals surface area contributed by atoms with Gasteiger partial charge in [-0.2, -0.15) is 4.98 Å². The molecule has 2 aromatic carbocycles. The molecule has 2 heterocycles. The predicted molar refractivity (Wildman–Crippen MR) is 132 cm³/mol. The number of thiazole rings is 1. The van der Waals surface area contributed by atoms with E-state index in [1.165, 1.54) is 11.3 Å². The van der Waals surface area contributed by atoms with Gasteiger partial charge in [0.2, 0.25) is 5.88 Å². The standard InChI is InChI=1S/C25H26N4O5S/c26-24-28-23(21(35-24)17-5-2-1-3-6-17)34-25(31)29(15-16-9-10-16)12-11-27-22(30)18-7-4-8-19-20(18)33-14-13-32-19/h1-8,16H,9-15H2,(H2,26,28)(H,27,30). The first-order valence-electron chi connectivity index (χ1n) is 11.5. The number of para-hydroxylation sites is 1. The summed E-state index contributed by atoms with van der Waals surface area (Å²) in [5.74, 6) is 1.35. The van der Waals surface area contributed by atoms with Gasteiger partial charge in [0.05, 0.1) is 5.56 Å². The molecule has 0 saturated heterocycles. The van der Waals surface area contributed by atoms with E-state index in [2.05, 4.69) is 10.3 Å². The molecule has 3 aromatic rings. The molecule has 182 valence electrons. The summed E-state index contributed by atoms with van der Waals surface area (Å²) in [6, 6.07) is 14.8. The molecule has 2 amide bonds. The van der Waals surface area contributed by atoms with Crippen LogP contribution in [0.25, 0.3) is 10.4 Å². The molecule has 1 fully saturated rings. The Labute approximate surface area is 206 Å². The maximum absolute atomic E-state index is 13.1. The van der Waals surface area contributed by atoms with Crippen molar-refractivity contribution in [1.29, 1.82) is 0 Å². The number of rotatable bonds is 8. The van der Waals surface area contributed by atoms with Gasteiger partial charge in [-0.1, -0.05) is 47.7 Å². The Hall–Kier alpha value is -3.79. The van der Waals surface area contributed by atoms with Crippen LogP contribution in [0.2, 0.25) is 0 Å². The zero-order chi connectivity index (χ0) is 24.2. The summed E-state index contributed by atoms with van der Waals surface area (Å²) in [5, 5.41) is 3.20. The number of amides is 2. The Morgan fingerprint density at radius 3 is 2.71 bits per heavy atom. The van der Waals surface area contributed by atoms with Gasteiger partial charge in [0.25, 0.3) is 5.91 Å². The van der Waals surface area contributed by atoms with E-state index in [-0.39, 0.29) is 18.3 Å². The Bertz CT molecular complexity index is 1210. The number of hydrogen-bond donors (Lipinski definition) is 2. The fourth-order valence-electron chi connectivity index (χ4n) is 3.83. The zero-order valence-corrected chi connectivity index (χ0v) is 19.9. The van der Waals surface area contributed by atoms with Crippen molar-refractivity contribution >= 4 is 28.5 Å². The number of aromatic nitrogens is 1. The molecule has 0 radical (unpaired) electrons. The second-order valence-corrected chi connectivity index (χ2v) is 9.43. The number of nitrogens with one attached hydrogen (secondary N) is 1. The molecule has 9 nitrogen and oxygen atoms in total. The van der Waals surface area contributed by atoms with E-state index in [9.17, 15) is 9.59 Å². The van der Waals surface area contributed by atoms with Crippen molar-refractivity contribution in [3.05, 3.63) is 54.1 Å². The lowest BCUT2D eigenvalue weighted by Crippen LogP contribution is -2.41. The van der Waals surface area contributed by atoms with Gasteiger partial charge in [-0.15, -0.1) is 0 Å². The second-order valence-electron chi connectivity index (χ2n) is 8.40. The molecule has 0 spiro atoms. The van der Waals surface area contributed by atoms with E-state index < -0.39 is 6.09 Å². The SMILES string of the molecule is Nc1nc(OC(=O)N(CCNC(=O)c2cccc3c2OCCO3)CC2CC2)c(-c2ccccc2)s1. The monoisotopic (exact) mass is 494 g/mol. The number of ether oxygens (including phenoxy) is 3. The lowest BCUT2D eigenvalue weighted by Gasteiger charge is -2.23. The normalized spacial score (nSPS) is 14.3. The van der Waals surface area contributed by atoms with Crippen molar-refractivity contribution in [2.45, 2.75) is 12.8 Å². The minimum absolute atomic E-state index is 0.196. The highest BCUT2D eigenvalue weighted by molar-refractivity contribution is 7.19. The highest BCUT2D eigenvalue weighted by Crippen LogP contribution is 2.37.